The number of carbonyl (C=O) groups excluding carboxylic acids is 1. The lowest BCUT2D eigenvalue weighted by Crippen LogP contribution is -2.09. The van der Waals surface area contributed by atoms with E-state index < -0.39 is 0 Å². The second kappa shape index (κ2) is 3.54. The Morgan fingerprint density at radius 2 is 2.25 bits per heavy atom. The average molecular weight is 185 g/mol. The van der Waals surface area contributed by atoms with E-state index in [1.54, 1.807) is 12.3 Å². The largest absolute Gasteiger partial charge is 0.376 e. The number of halogens is 1. The first-order valence-electron chi connectivity index (χ1n) is 3.43. The highest BCUT2D eigenvalue weighted by molar-refractivity contribution is 6.31. The van der Waals surface area contributed by atoms with Crippen LogP contribution in [0.25, 0.3) is 0 Å². The van der Waals surface area contributed by atoms with E-state index in [1.807, 2.05) is 19.0 Å². The van der Waals surface area contributed by atoms with E-state index in [2.05, 4.69) is 4.98 Å². The standard InChI is InChI=1S/C8H9ClN2O/c1-11(2)7-3-6(5-12)8(9)10-4-7/h3-5H,1-2H3. The molecule has 1 heterocycles. The Bertz CT molecular complexity index is 299. The number of nitrogens with zero attached hydrogens (tertiary/aromatic N) is 2. The summed E-state index contributed by atoms with van der Waals surface area (Å²) in [6, 6.07) is 1.70. The number of hydrogen-bond donors (Lipinski definition) is 0. The normalized spacial score (nSPS) is 9.58. The van der Waals surface area contributed by atoms with Gasteiger partial charge in [-0.2, -0.15) is 0 Å². The summed E-state index contributed by atoms with van der Waals surface area (Å²) in [6.07, 6.45) is 2.32. The van der Waals surface area contributed by atoms with Crippen molar-refractivity contribution in [3.63, 3.8) is 0 Å². The molecule has 0 saturated carbocycles. The van der Waals surface area contributed by atoms with Gasteiger partial charge >= 0.3 is 0 Å². The lowest BCUT2D eigenvalue weighted by Gasteiger charge is -2.11. The predicted molar refractivity (Wildman–Crippen MR) is 49.0 cm³/mol. The Morgan fingerprint density at radius 3 is 2.75 bits per heavy atom. The van der Waals surface area contributed by atoms with Crippen LogP contribution >= 0.6 is 11.6 Å². The molecule has 0 aromatic carbocycles. The first kappa shape index (κ1) is 9.00. The van der Waals surface area contributed by atoms with Crippen molar-refractivity contribution >= 4 is 23.6 Å². The second-order valence-corrected chi connectivity index (χ2v) is 2.94. The van der Waals surface area contributed by atoms with Gasteiger partial charge in [-0.05, 0) is 6.07 Å². The molecule has 0 radical (unpaired) electrons. The maximum atomic E-state index is 10.5. The molecule has 1 aromatic rings. The van der Waals surface area contributed by atoms with E-state index in [-0.39, 0.29) is 5.15 Å². The van der Waals surface area contributed by atoms with E-state index in [9.17, 15) is 4.79 Å². The van der Waals surface area contributed by atoms with Crippen molar-refractivity contribution in [1.82, 2.24) is 4.98 Å². The Balaban J connectivity index is 3.13. The van der Waals surface area contributed by atoms with Crippen molar-refractivity contribution < 1.29 is 4.79 Å². The summed E-state index contributed by atoms with van der Waals surface area (Å²) in [4.78, 5) is 16.2. The number of pyridine rings is 1. The fourth-order valence-electron chi connectivity index (χ4n) is 0.781. The fraction of sp³-hybridized carbons (Fsp3) is 0.250. The second-order valence-electron chi connectivity index (χ2n) is 2.59. The molecular weight excluding hydrogens is 176 g/mol. The van der Waals surface area contributed by atoms with Gasteiger partial charge in [-0.15, -0.1) is 0 Å². The monoisotopic (exact) mass is 184 g/mol. The lowest BCUT2D eigenvalue weighted by atomic mass is 10.3. The maximum Gasteiger partial charge on any atom is 0.153 e. The zero-order valence-corrected chi connectivity index (χ0v) is 7.67. The van der Waals surface area contributed by atoms with Gasteiger partial charge in [0.25, 0.3) is 0 Å². The third-order valence-corrected chi connectivity index (χ3v) is 1.81. The van der Waals surface area contributed by atoms with Crippen LogP contribution in [0.1, 0.15) is 10.4 Å². The molecule has 0 aliphatic carbocycles. The minimum absolute atomic E-state index is 0.246. The summed E-state index contributed by atoms with van der Waals surface area (Å²) >= 11 is 5.64. The Labute approximate surface area is 76.0 Å². The highest BCUT2D eigenvalue weighted by Gasteiger charge is 2.02. The number of aldehydes is 1. The zero-order valence-electron chi connectivity index (χ0n) is 6.91. The molecule has 0 saturated heterocycles. The number of anilines is 1. The summed E-state index contributed by atoms with van der Waals surface area (Å²) in [6.45, 7) is 0. The SMILES string of the molecule is CN(C)c1cnc(Cl)c(C=O)c1. The molecule has 12 heavy (non-hydrogen) atoms. The molecule has 0 aliphatic heterocycles. The third-order valence-electron chi connectivity index (χ3n) is 1.50. The minimum atomic E-state index is 0.246. The van der Waals surface area contributed by atoms with Crippen LogP contribution in [0.2, 0.25) is 5.15 Å². The van der Waals surface area contributed by atoms with Gasteiger partial charge in [-0.3, -0.25) is 4.79 Å². The Hall–Kier alpha value is -1.09. The van der Waals surface area contributed by atoms with Gasteiger partial charge in [-0.1, -0.05) is 11.6 Å². The molecule has 1 rings (SSSR count). The summed E-state index contributed by atoms with van der Waals surface area (Å²) in [7, 11) is 3.75. The van der Waals surface area contributed by atoms with Crippen LogP contribution in [0, 0.1) is 0 Å². The summed E-state index contributed by atoms with van der Waals surface area (Å²) < 4.78 is 0. The minimum Gasteiger partial charge on any atom is -0.376 e. The molecular formula is C8H9ClN2O. The van der Waals surface area contributed by atoms with Crippen molar-refractivity contribution in [3.05, 3.63) is 23.0 Å². The Kier molecular flexibility index (Phi) is 2.65. The van der Waals surface area contributed by atoms with E-state index in [0.29, 0.717) is 11.8 Å². The topological polar surface area (TPSA) is 33.2 Å². The van der Waals surface area contributed by atoms with Crippen LogP contribution in [-0.2, 0) is 0 Å². The number of aromatic nitrogens is 1. The van der Waals surface area contributed by atoms with Gasteiger partial charge in [0.15, 0.2) is 6.29 Å². The third kappa shape index (κ3) is 1.74. The number of carbonyl (C=O) groups is 1. The average Bonchev–Trinajstić information content (AvgIpc) is 2.05. The smallest absolute Gasteiger partial charge is 0.153 e. The van der Waals surface area contributed by atoms with Crippen molar-refractivity contribution in [1.29, 1.82) is 0 Å². The van der Waals surface area contributed by atoms with Crippen molar-refractivity contribution in [3.8, 4) is 0 Å². The fourth-order valence-corrected chi connectivity index (χ4v) is 0.929. The molecule has 0 fully saturated rings. The first-order valence-corrected chi connectivity index (χ1v) is 3.81. The lowest BCUT2D eigenvalue weighted by molar-refractivity contribution is 0.112. The summed E-state index contributed by atoms with van der Waals surface area (Å²) in [5, 5.41) is 0.246. The zero-order chi connectivity index (χ0) is 9.14. The first-order chi connectivity index (χ1) is 5.65. The van der Waals surface area contributed by atoms with Crippen molar-refractivity contribution in [2.45, 2.75) is 0 Å². The molecule has 1 aromatic heterocycles. The van der Waals surface area contributed by atoms with Crippen LogP contribution < -0.4 is 4.90 Å². The van der Waals surface area contributed by atoms with Crippen LogP contribution in [0.5, 0.6) is 0 Å². The predicted octanol–water partition coefficient (Wildman–Crippen LogP) is 1.61. The van der Waals surface area contributed by atoms with E-state index in [1.165, 1.54) is 0 Å². The van der Waals surface area contributed by atoms with Crippen LogP contribution in [0.15, 0.2) is 12.3 Å². The van der Waals surface area contributed by atoms with Gasteiger partial charge in [0.2, 0.25) is 0 Å². The van der Waals surface area contributed by atoms with Gasteiger partial charge < -0.3 is 4.90 Å². The molecule has 0 bridgehead atoms. The van der Waals surface area contributed by atoms with Gasteiger partial charge in [0, 0.05) is 14.1 Å². The quantitative estimate of drug-likeness (QED) is 0.517. The molecule has 0 unspecified atom stereocenters. The summed E-state index contributed by atoms with van der Waals surface area (Å²) in [5.41, 5.74) is 1.28. The van der Waals surface area contributed by atoms with E-state index >= 15 is 0 Å². The van der Waals surface area contributed by atoms with Gasteiger partial charge in [-0.25, -0.2) is 4.98 Å². The van der Waals surface area contributed by atoms with Crippen LogP contribution in [-0.4, -0.2) is 25.4 Å². The molecule has 0 N–H and O–H groups in total. The maximum absolute atomic E-state index is 10.5. The molecule has 4 heteroatoms. The van der Waals surface area contributed by atoms with E-state index in [0.717, 1.165) is 5.69 Å². The highest BCUT2D eigenvalue weighted by Crippen LogP contribution is 2.16. The molecule has 0 spiro atoms. The van der Waals surface area contributed by atoms with Crippen LogP contribution in [0.4, 0.5) is 5.69 Å². The van der Waals surface area contributed by atoms with Crippen LogP contribution in [0.3, 0.4) is 0 Å². The molecule has 3 nitrogen and oxygen atoms in total. The van der Waals surface area contributed by atoms with Crippen molar-refractivity contribution in [2.75, 3.05) is 19.0 Å². The molecule has 0 aliphatic rings. The number of rotatable bonds is 2. The van der Waals surface area contributed by atoms with Gasteiger partial charge in [0.1, 0.15) is 5.15 Å². The van der Waals surface area contributed by atoms with Gasteiger partial charge in [0.05, 0.1) is 17.4 Å². The molecule has 0 amide bonds. The summed E-state index contributed by atoms with van der Waals surface area (Å²) in [5.74, 6) is 0. The number of hydrogen-bond acceptors (Lipinski definition) is 3. The molecule has 64 valence electrons. The molecule has 0 atom stereocenters. The Morgan fingerprint density at radius 1 is 1.58 bits per heavy atom. The van der Waals surface area contributed by atoms with E-state index in [4.69, 9.17) is 11.6 Å². The van der Waals surface area contributed by atoms with Crippen molar-refractivity contribution in [2.24, 2.45) is 0 Å². The highest BCUT2D eigenvalue weighted by atomic mass is 35.5.